The maximum Gasteiger partial charge on any atom is 0.336 e. The predicted molar refractivity (Wildman–Crippen MR) is 125 cm³/mol. The Labute approximate surface area is 199 Å². The first-order valence-corrected chi connectivity index (χ1v) is 11.8. The Balaban J connectivity index is 1.66. The van der Waals surface area contributed by atoms with Crippen molar-refractivity contribution in [3.8, 4) is 0 Å². The van der Waals surface area contributed by atoms with Gasteiger partial charge in [0, 0.05) is 42.7 Å². The van der Waals surface area contributed by atoms with E-state index in [-0.39, 0.29) is 31.4 Å². The molecule has 1 aromatic carbocycles. The summed E-state index contributed by atoms with van der Waals surface area (Å²) in [5, 5.41) is 3.46. The zero-order valence-corrected chi connectivity index (χ0v) is 20.0. The molecule has 180 valence electrons. The van der Waals surface area contributed by atoms with Crippen molar-refractivity contribution in [2.45, 2.75) is 32.6 Å². The molecule has 0 aliphatic carbocycles. The molecule has 1 aromatic rings. The quantitative estimate of drug-likeness (QED) is 0.434. The Kier molecular flexibility index (Phi) is 9.29. The highest BCUT2D eigenvalue weighted by Gasteiger charge is 2.37. The molecule has 2 amide bonds. The van der Waals surface area contributed by atoms with Gasteiger partial charge in [0.15, 0.2) is 0 Å². The van der Waals surface area contributed by atoms with Crippen LogP contribution in [0.25, 0.3) is 0 Å². The van der Waals surface area contributed by atoms with Gasteiger partial charge in [-0.05, 0) is 44.5 Å². The summed E-state index contributed by atoms with van der Waals surface area (Å²) in [6.07, 6.45) is 0.901. The van der Waals surface area contributed by atoms with Crippen LogP contribution >= 0.6 is 11.6 Å². The van der Waals surface area contributed by atoms with Gasteiger partial charge in [0.2, 0.25) is 11.8 Å². The number of esters is 1. The van der Waals surface area contributed by atoms with E-state index in [2.05, 4.69) is 10.2 Å². The number of hydrogen-bond donors (Lipinski definition) is 1. The van der Waals surface area contributed by atoms with Gasteiger partial charge < -0.3 is 19.7 Å². The van der Waals surface area contributed by atoms with Gasteiger partial charge in [0.25, 0.3) is 0 Å². The van der Waals surface area contributed by atoms with Gasteiger partial charge in [0.05, 0.1) is 25.4 Å². The Morgan fingerprint density at radius 1 is 1.21 bits per heavy atom. The minimum Gasteiger partial charge on any atom is -0.463 e. The third kappa shape index (κ3) is 6.79. The molecular formula is C24H32ClN3O5. The molecule has 1 unspecified atom stereocenters. The van der Waals surface area contributed by atoms with E-state index in [0.717, 1.165) is 44.8 Å². The lowest BCUT2D eigenvalue weighted by Gasteiger charge is -2.34. The minimum atomic E-state index is -0.474. The molecule has 2 aliphatic heterocycles. The third-order valence-electron chi connectivity index (χ3n) is 5.97. The predicted octanol–water partition coefficient (Wildman–Crippen LogP) is 2.33. The van der Waals surface area contributed by atoms with Gasteiger partial charge >= 0.3 is 5.97 Å². The highest BCUT2D eigenvalue weighted by atomic mass is 35.5. The second-order valence-corrected chi connectivity index (χ2v) is 8.60. The van der Waals surface area contributed by atoms with Crippen LogP contribution in [0.4, 0.5) is 0 Å². The van der Waals surface area contributed by atoms with E-state index in [9.17, 15) is 14.4 Å². The number of amides is 2. The van der Waals surface area contributed by atoms with Crippen LogP contribution in [0.3, 0.4) is 0 Å². The number of nitrogens with one attached hydrogen (secondary N) is 1. The summed E-state index contributed by atoms with van der Waals surface area (Å²) in [5.74, 6) is -1.37. The van der Waals surface area contributed by atoms with Crippen LogP contribution in [-0.2, 0) is 23.9 Å². The van der Waals surface area contributed by atoms with E-state index in [1.54, 1.807) is 26.0 Å². The van der Waals surface area contributed by atoms with Crippen molar-refractivity contribution in [3.63, 3.8) is 0 Å². The second kappa shape index (κ2) is 12.2. The van der Waals surface area contributed by atoms with E-state index in [1.807, 2.05) is 12.1 Å². The summed E-state index contributed by atoms with van der Waals surface area (Å²) in [4.78, 5) is 42.0. The van der Waals surface area contributed by atoms with Crippen molar-refractivity contribution in [2.75, 3.05) is 52.5 Å². The third-order valence-corrected chi connectivity index (χ3v) is 6.22. The normalized spacial score (nSPS) is 19.5. The minimum absolute atomic E-state index is 0.0808. The standard InChI is InChI=1S/C24H32ClN3O5/c1-3-33-24(31)23-17(2)28(22(30)15-20(23)18-5-7-19(25)8-6-18)16-21(29)26-9-4-10-27-11-13-32-14-12-27/h5-8,20H,3-4,9-16H2,1-2H3,(H,26,29). The molecule has 0 saturated carbocycles. The molecule has 3 rings (SSSR count). The first kappa shape index (κ1) is 25.2. The molecule has 0 aromatic heterocycles. The van der Waals surface area contributed by atoms with Crippen molar-refractivity contribution < 1.29 is 23.9 Å². The number of carbonyl (C=O) groups excluding carboxylic acids is 3. The molecule has 8 nitrogen and oxygen atoms in total. The second-order valence-electron chi connectivity index (χ2n) is 8.17. The van der Waals surface area contributed by atoms with Crippen molar-refractivity contribution >= 4 is 29.4 Å². The van der Waals surface area contributed by atoms with Crippen LogP contribution < -0.4 is 5.32 Å². The summed E-state index contributed by atoms with van der Waals surface area (Å²) in [5.41, 5.74) is 1.66. The number of morpholine rings is 1. The number of allylic oxidation sites excluding steroid dienone is 1. The maximum atomic E-state index is 13.0. The summed E-state index contributed by atoms with van der Waals surface area (Å²) in [6.45, 7) is 8.25. The van der Waals surface area contributed by atoms with Gasteiger partial charge in [-0.25, -0.2) is 4.79 Å². The molecule has 9 heteroatoms. The molecule has 0 spiro atoms. The van der Waals surface area contributed by atoms with E-state index >= 15 is 0 Å². The molecule has 1 N–H and O–H groups in total. The summed E-state index contributed by atoms with van der Waals surface area (Å²) in [6, 6.07) is 7.08. The highest BCUT2D eigenvalue weighted by Crippen LogP contribution is 2.37. The van der Waals surface area contributed by atoms with Crippen molar-refractivity contribution in [3.05, 3.63) is 46.1 Å². The summed E-state index contributed by atoms with van der Waals surface area (Å²) < 4.78 is 10.6. The molecule has 0 bridgehead atoms. The lowest BCUT2D eigenvalue weighted by Crippen LogP contribution is -2.44. The smallest absolute Gasteiger partial charge is 0.336 e. The number of benzene rings is 1. The zero-order chi connectivity index (χ0) is 23.8. The maximum absolute atomic E-state index is 13.0. The SMILES string of the molecule is CCOC(=O)C1=C(C)N(CC(=O)NCCCN2CCOCC2)C(=O)CC1c1ccc(Cl)cc1. The van der Waals surface area contributed by atoms with Crippen LogP contribution in [-0.4, -0.2) is 80.1 Å². The Hall–Kier alpha value is -2.42. The summed E-state index contributed by atoms with van der Waals surface area (Å²) >= 11 is 6.00. The molecule has 1 saturated heterocycles. The summed E-state index contributed by atoms with van der Waals surface area (Å²) in [7, 11) is 0. The van der Waals surface area contributed by atoms with Crippen molar-refractivity contribution in [1.82, 2.24) is 15.1 Å². The van der Waals surface area contributed by atoms with E-state index in [4.69, 9.17) is 21.1 Å². The van der Waals surface area contributed by atoms with Crippen molar-refractivity contribution in [2.24, 2.45) is 0 Å². The molecule has 33 heavy (non-hydrogen) atoms. The number of halogens is 1. The molecule has 2 heterocycles. The fraction of sp³-hybridized carbons (Fsp3) is 0.542. The van der Waals surface area contributed by atoms with Gasteiger partial charge in [-0.15, -0.1) is 0 Å². The largest absolute Gasteiger partial charge is 0.463 e. The van der Waals surface area contributed by atoms with Gasteiger partial charge in [-0.3, -0.25) is 14.5 Å². The van der Waals surface area contributed by atoms with Crippen LogP contribution in [0.15, 0.2) is 35.5 Å². The van der Waals surface area contributed by atoms with E-state index < -0.39 is 11.9 Å². The Morgan fingerprint density at radius 3 is 2.58 bits per heavy atom. The van der Waals surface area contributed by atoms with Crippen molar-refractivity contribution in [1.29, 1.82) is 0 Å². The monoisotopic (exact) mass is 477 g/mol. The number of hydrogen-bond acceptors (Lipinski definition) is 6. The molecule has 2 aliphatic rings. The number of carbonyl (C=O) groups is 3. The number of rotatable bonds is 9. The Morgan fingerprint density at radius 2 is 1.91 bits per heavy atom. The number of ether oxygens (including phenoxy) is 2. The fourth-order valence-corrected chi connectivity index (χ4v) is 4.34. The van der Waals surface area contributed by atoms with Gasteiger partial charge in [-0.1, -0.05) is 23.7 Å². The van der Waals surface area contributed by atoms with Gasteiger partial charge in [-0.2, -0.15) is 0 Å². The highest BCUT2D eigenvalue weighted by molar-refractivity contribution is 6.30. The average Bonchev–Trinajstić information content (AvgIpc) is 2.80. The number of nitrogens with zero attached hydrogens (tertiary/aromatic N) is 2. The fourth-order valence-electron chi connectivity index (χ4n) is 4.21. The first-order valence-electron chi connectivity index (χ1n) is 11.4. The molecule has 1 atom stereocenters. The lowest BCUT2D eigenvalue weighted by atomic mass is 9.83. The Bertz CT molecular complexity index is 881. The van der Waals surface area contributed by atoms with Crippen LogP contribution in [0.2, 0.25) is 5.02 Å². The van der Waals surface area contributed by atoms with E-state index in [1.165, 1.54) is 4.90 Å². The molecule has 1 fully saturated rings. The topological polar surface area (TPSA) is 88.2 Å². The van der Waals surface area contributed by atoms with Crippen LogP contribution in [0.1, 0.15) is 38.2 Å². The van der Waals surface area contributed by atoms with E-state index in [0.29, 0.717) is 22.8 Å². The molecular weight excluding hydrogens is 446 g/mol. The lowest BCUT2D eigenvalue weighted by molar-refractivity contribution is -0.141. The van der Waals surface area contributed by atoms with Crippen LogP contribution in [0.5, 0.6) is 0 Å². The average molecular weight is 478 g/mol. The van der Waals surface area contributed by atoms with Crippen LogP contribution in [0, 0.1) is 0 Å². The first-order chi connectivity index (χ1) is 15.9. The zero-order valence-electron chi connectivity index (χ0n) is 19.3. The molecule has 0 radical (unpaired) electrons. The van der Waals surface area contributed by atoms with Gasteiger partial charge in [0.1, 0.15) is 6.54 Å².